The van der Waals surface area contributed by atoms with Crippen molar-refractivity contribution in [1.82, 2.24) is 0 Å². The predicted molar refractivity (Wildman–Crippen MR) is 119 cm³/mol. The molecule has 2 N–H and O–H groups in total. The van der Waals surface area contributed by atoms with Crippen molar-refractivity contribution in [3.8, 4) is 5.75 Å². The van der Waals surface area contributed by atoms with Crippen LogP contribution in [0.2, 0.25) is 0 Å². The highest BCUT2D eigenvalue weighted by Gasteiger charge is 2.27. The average Bonchev–Trinajstić information content (AvgIpc) is 2.71. The van der Waals surface area contributed by atoms with Crippen molar-refractivity contribution >= 4 is 29.3 Å². The van der Waals surface area contributed by atoms with Crippen LogP contribution in [0.5, 0.6) is 5.75 Å². The standard InChI is InChI=1S/C24H28N2O4/c1-5-29-23(28)21-15-25-19-14-18(11-12-20(19)30-21)26-22(27)13-8-16-6-9-17(10-7-16)24(2,3)4/h6-14,21,25H,5,15H2,1-4H3,(H,26,27)/b13-8+. The van der Waals surface area contributed by atoms with Crippen molar-refractivity contribution in [3.05, 3.63) is 59.7 Å². The van der Waals surface area contributed by atoms with Crippen LogP contribution in [-0.2, 0) is 19.7 Å². The van der Waals surface area contributed by atoms with Crippen LogP contribution in [0, 0.1) is 0 Å². The summed E-state index contributed by atoms with van der Waals surface area (Å²) in [5, 5.41) is 5.99. The van der Waals surface area contributed by atoms with Gasteiger partial charge in [0, 0.05) is 11.8 Å². The smallest absolute Gasteiger partial charge is 0.349 e. The van der Waals surface area contributed by atoms with Crippen molar-refractivity contribution < 1.29 is 19.1 Å². The number of benzene rings is 2. The van der Waals surface area contributed by atoms with Crippen molar-refractivity contribution in [1.29, 1.82) is 0 Å². The normalized spacial score (nSPS) is 15.7. The fourth-order valence-electron chi connectivity index (χ4n) is 3.06. The van der Waals surface area contributed by atoms with Crippen LogP contribution in [0.15, 0.2) is 48.5 Å². The molecular formula is C24H28N2O4. The number of carbonyl (C=O) groups is 2. The molecule has 1 aliphatic heterocycles. The van der Waals surface area contributed by atoms with Crippen LogP contribution in [0.25, 0.3) is 6.08 Å². The van der Waals surface area contributed by atoms with Gasteiger partial charge in [-0.2, -0.15) is 0 Å². The van der Waals surface area contributed by atoms with E-state index in [2.05, 4.69) is 43.5 Å². The van der Waals surface area contributed by atoms with Gasteiger partial charge in [0.25, 0.3) is 0 Å². The minimum Gasteiger partial charge on any atom is -0.475 e. The summed E-state index contributed by atoms with van der Waals surface area (Å²) in [4.78, 5) is 24.1. The quantitative estimate of drug-likeness (QED) is 0.567. The number of fused-ring (bicyclic) bond motifs is 1. The van der Waals surface area contributed by atoms with E-state index in [4.69, 9.17) is 9.47 Å². The molecule has 1 unspecified atom stereocenters. The Morgan fingerprint density at radius 1 is 1.20 bits per heavy atom. The van der Waals surface area contributed by atoms with Gasteiger partial charge >= 0.3 is 5.97 Å². The van der Waals surface area contributed by atoms with Gasteiger partial charge in [0.2, 0.25) is 12.0 Å². The molecular weight excluding hydrogens is 380 g/mol. The lowest BCUT2D eigenvalue weighted by atomic mass is 9.87. The monoisotopic (exact) mass is 408 g/mol. The molecule has 0 radical (unpaired) electrons. The van der Waals surface area contributed by atoms with Crippen LogP contribution >= 0.6 is 0 Å². The third kappa shape index (κ3) is 5.41. The molecule has 1 atom stereocenters. The Balaban J connectivity index is 1.60. The summed E-state index contributed by atoms with van der Waals surface area (Å²) in [6, 6.07) is 13.4. The van der Waals surface area contributed by atoms with Gasteiger partial charge in [0.15, 0.2) is 0 Å². The second-order valence-electron chi connectivity index (χ2n) is 8.14. The highest BCUT2D eigenvalue weighted by atomic mass is 16.6. The van der Waals surface area contributed by atoms with Gasteiger partial charge in [-0.3, -0.25) is 4.79 Å². The van der Waals surface area contributed by atoms with E-state index < -0.39 is 12.1 Å². The number of anilines is 2. The second-order valence-corrected chi connectivity index (χ2v) is 8.14. The number of esters is 1. The predicted octanol–water partition coefficient (Wildman–Crippen LogP) is 4.37. The van der Waals surface area contributed by atoms with Crippen LogP contribution < -0.4 is 15.4 Å². The Kier molecular flexibility index (Phi) is 6.45. The van der Waals surface area contributed by atoms with Gasteiger partial charge in [0.1, 0.15) is 5.75 Å². The van der Waals surface area contributed by atoms with Crippen molar-refractivity contribution in [3.63, 3.8) is 0 Å². The van der Waals surface area contributed by atoms with Gasteiger partial charge in [-0.25, -0.2) is 4.79 Å². The Morgan fingerprint density at radius 3 is 2.60 bits per heavy atom. The Morgan fingerprint density at radius 2 is 1.93 bits per heavy atom. The zero-order chi connectivity index (χ0) is 21.7. The minimum absolute atomic E-state index is 0.0974. The Hall–Kier alpha value is -3.28. The summed E-state index contributed by atoms with van der Waals surface area (Å²) in [5.41, 5.74) is 3.66. The molecule has 0 spiro atoms. The summed E-state index contributed by atoms with van der Waals surface area (Å²) in [5.74, 6) is -0.0727. The fraction of sp³-hybridized carbons (Fsp3) is 0.333. The van der Waals surface area contributed by atoms with Crippen LogP contribution in [0.1, 0.15) is 38.8 Å². The van der Waals surface area contributed by atoms with Crippen molar-refractivity contribution in [2.24, 2.45) is 0 Å². The summed E-state index contributed by atoms with van der Waals surface area (Å²) in [6.45, 7) is 8.88. The molecule has 6 heteroatoms. The largest absolute Gasteiger partial charge is 0.475 e. The van der Waals surface area contributed by atoms with Gasteiger partial charge in [0.05, 0.1) is 18.8 Å². The third-order valence-electron chi connectivity index (χ3n) is 4.75. The first-order chi connectivity index (χ1) is 14.3. The SMILES string of the molecule is CCOC(=O)C1CNc2cc(NC(=O)/C=C/c3ccc(C(C)(C)C)cc3)ccc2O1. The highest BCUT2D eigenvalue weighted by Crippen LogP contribution is 2.32. The lowest BCUT2D eigenvalue weighted by molar-refractivity contribution is -0.150. The molecule has 158 valence electrons. The lowest BCUT2D eigenvalue weighted by Crippen LogP contribution is -2.38. The van der Waals surface area contributed by atoms with Crippen LogP contribution in [0.3, 0.4) is 0 Å². The van der Waals surface area contributed by atoms with Gasteiger partial charge < -0.3 is 20.1 Å². The van der Waals surface area contributed by atoms with E-state index in [-0.39, 0.29) is 11.3 Å². The number of nitrogens with one attached hydrogen (secondary N) is 2. The molecule has 2 aromatic carbocycles. The fourth-order valence-corrected chi connectivity index (χ4v) is 3.06. The zero-order valence-electron chi connectivity index (χ0n) is 17.8. The lowest BCUT2D eigenvalue weighted by Gasteiger charge is -2.26. The maximum atomic E-state index is 12.3. The molecule has 3 rings (SSSR count). The van der Waals surface area contributed by atoms with E-state index in [1.54, 1.807) is 31.2 Å². The molecule has 0 aliphatic carbocycles. The summed E-state index contributed by atoms with van der Waals surface area (Å²) < 4.78 is 10.7. The maximum absolute atomic E-state index is 12.3. The van der Waals surface area contributed by atoms with Crippen LogP contribution in [-0.4, -0.2) is 31.1 Å². The maximum Gasteiger partial charge on any atom is 0.349 e. The topological polar surface area (TPSA) is 76.7 Å². The van der Waals surface area contributed by atoms with E-state index in [9.17, 15) is 9.59 Å². The molecule has 1 amide bonds. The summed E-state index contributed by atoms with van der Waals surface area (Å²) >= 11 is 0. The summed E-state index contributed by atoms with van der Waals surface area (Å²) in [7, 11) is 0. The van der Waals surface area contributed by atoms with Gasteiger partial charge in [-0.15, -0.1) is 0 Å². The first-order valence-corrected chi connectivity index (χ1v) is 10.1. The van der Waals surface area contributed by atoms with Gasteiger partial charge in [-0.1, -0.05) is 45.0 Å². The molecule has 1 heterocycles. The zero-order valence-corrected chi connectivity index (χ0v) is 17.8. The first kappa shape index (κ1) is 21.4. The number of amides is 1. The third-order valence-corrected chi connectivity index (χ3v) is 4.75. The Labute approximate surface area is 177 Å². The van der Waals surface area contributed by atoms with E-state index in [0.717, 1.165) is 11.3 Å². The molecule has 0 saturated heterocycles. The molecule has 0 bridgehead atoms. The van der Waals surface area contributed by atoms with E-state index in [1.165, 1.54) is 11.6 Å². The van der Waals surface area contributed by atoms with E-state index in [0.29, 0.717) is 24.6 Å². The number of carbonyl (C=O) groups excluding carboxylic acids is 2. The van der Waals surface area contributed by atoms with Crippen molar-refractivity contribution in [2.75, 3.05) is 23.8 Å². The average molecular weight is 408 g/mol. The molecule has 1 aliphatic rings. The van der Waals surface area contributed by atoms with Crippen LogP contribution in [0.4, 0.5) is 11.4 Å². The molecule has 2 aromatic rings. The molecule has 30 heavy (non-hydrogen) atoms. The number of rotatable bonds is 5. The second kappa shape index (κ2) is 9.03. The van der Waals surface area contributed by atoms with E-state index in [1.807, 2.05) is 12.1 Å². The molecule has 6 nitrogen and oxygen atoms in total. The molecule has 0 aromatic heterocycles. The van der Waals surface area contributed by atoms with Gasteiger partial charge in [-0.05, 0) is 47.7 Å². The summed E-state index contributed by atoms with van der Waals surface area (Å²) in [6.07, 6.45) is 2.61. The Bertz CT molecular complexity index is 943. The number of hydrogen-bond acceptors (Lipinski definition) is 5. The number of hydrogen-bond donors (Lipinski definition) is 2. The molecule has 0 fully saturated rings. The highest BCUT2D eigenvalue weighted by molar-refractivity contribution is 6.02. The van der Waals surface area contributed by atoms with E-state index >= 15 is 0 Å². The van der Waals surface area contributed by atoms with Crippen molar-refractivity contribution in [2.45, 2.75) is 39.2 Å². The first-order valence-electron chi connectivity index (χ1n) is 10.1. The number of ether oxygens (including phenoxy) is 2. The minimum atomic E-state index is -0.675. The molecule has 0 saturated carbocycles.